The fourth-order valence-electron chi connectivity index (χ4n) is 2.11. The van der Waals surface area contributed by atoms with E-state index in [1.165, 1.54) is 24.1 Å². The van der Waals surface area contributed by atoms with Gasteiger partial charge in [-0.1, -0.05) is 0 Å². The van der Waals surface area contributed by atoms with Gasteiger partial charge in [0.15, 0.2) is 0 Å². The molecule has 2 heterocycles. The number of aromatic nitrogens is 1. The molecule has 1 aromatic heterocycles. The Morgan fingerprint density at radius 2 is 2.56 bits per heavy atom. The Kier molecular flexibility index (Phi) is 4.71. The lowest BCUT2D eigenvalue weighted by molar-refractivity contribution is 0.00528. The van der Waals surface area contributed by atoms with Gasteiger partial charge in [-0.05, 0) is 25.7 Å². The maximum Gasteiger partial charge on any atom is 0.0794 e. The molecule has 90 valence electrons. The zero-order chi connectivity index (χ0) is 11.2. The molecule has 1 aromatic rings. The van der Waals surface area contributed by atoms with Crippen LogP contribution in [0.15, 0.2) is 11.7 Å². The summed E-state index contributed by atoms with van der Waals surface area (Å²) in [4.78, 5) is 5.35. The van der Waals surface area contributed by atoms with Crippen LogP contribution in [-0.4, -0.2) is 23.7 Å². The van der Waals surface area contributed by atoms with E-state index in [4.69, 9.17) is 10.6 Å². The molecule has 0 amide bonds. The second kappa shape index (κ2) is 6.30. The minimum absolute atomic E-state index is 0.295. The summed E-state index contributed by atoms with van der Waals surface area (Å²) in [6.07, 6.45) is 7.88. The van der Waals surface area contributed by atoms with E-state index in [1.54, 1.807) is 11.3 Å². The quantitative estimate of drug-likeness (QED) is 0.605. The molecule has 4 nitrogen and oxygen atoms in total. The summed E-state index contributed by atoms with van der Waals surface area (Å²) in [6.45, 7) is 0.905. The Morgan fingerprint density at radius 3 is 3.19 bits per heavy atom. The van der Waals surface area contributed by atoms with Gasteiger partial charge in [0.1, 0.15) is 0 Å². The molecule has 1 fully saturated rings. The van der Waals surface area contributed by atoms with Gasteiger partial charge in [0.05, 0.1) is 11.6 Å². The molecule has 2 atom stereocenters. The summed E-state index contributed by atoms with van der Waals surface area (Å²) in [5.41, 5.74) is 4.75. The summed E-state index contributed by atoms with van der Waals surface area (Å²) in [5, 5.41) is 0. The number of thiazole rings is 1. The fourth-order valence-corrected chi connectivity index (χ4v) is 2.78. The summed E-state index contributed by atoms with van der Waals surface area (Å²) in [7, 11) is 0. The van der Waals surface area contributed by atoms with Crippen LogP contribution in [0.1, 0.15) is 30.6 Å². The zero-order valence-corrected chi connectivity index (χ0v) is 10.2. The van der Waals surface area contributed by atoms with E-state index >= 15 is 0 Å². The van der Waals surface area contributed by atoms with Crippen molar-refractivity contribution in [2.45, 2.75) is 44.2 Å². The lowest BCUT2D eigenvalue weighted by Crippen LogP contribution is -2.40. The molecular formula is C11H19N3OS. The first kappa shape index (κ1) is 12.0. The molecule has 16 heavy (non-hydrogen) atoms. The van der Waals surface area contributed by atoms with Crippen molar-refractivity contribution in [2.24, 2.45) is 5.84 Å². The van der Waals surface area contributed by atoms with Crippen molar-refractivity contribution in [3.8, 4) is 0 Å². The van der Waals surface area contributed by atoms with Gasteiger partial charge in [-0.2, -0.15) is 0 Å². The average molecular weight is 241 g/mol. The first-order chi connectivity index (χ1) is 7.88. The molecule has 2 unspecified atom stereocenters. The van der Waals surface area contributed by atoms with Crippen LogP contribution in [0.4, 0.5) is 0 Å². The van der Waals surface area contributed by atoms with Crippen LogP contribution in [-0.2, 0) is 11.2 Å². The summed E-state index contributed by atoms with van der Waals surface area (Å²) < 4.78 is 5.72. The number of nitrogens with two attached hydrogens (primary N) is 1. The number of hydrazine groups is 1. The molecule has 0 bridgehead atoms. The van der Waals surface area contributed by atoms with Crippen LogP contribution in [0.5, 0.6) is 0 Å². The molecular weight excluding hydrogens is 222 g/mol. The fraction of sp³-hybridized carbons (Fsp3) is 0.727. The molecule has 1 saturated heterocycles. The van der Waals surface area contributed by atoms with Crippen LogP contribution in [0.25, 0.3) is 0 Å². The van der Waals surface area contributed by atoms with E-state index in [2.05, 4.69) is 10.4 Å². The molecule has 0 aromatic carbocycles. The zero-order valence-electron chi connectivity index (χ0n) is 9.39. The molecule has 2 rings (SSSR count). The van der Waals surface area contributed by atoms with E-state index < -0.39 is 0 Å². The number of rotatable bonds is 5. The monoisotopic (exact) mass is 241 g/mol. The summed E-state index contributed by atoms with van der Waals surface area (Å²) in [6, 6.07) is 0.295. The first-order valence-electron chi connectivity index (χ1n) is 5.83. The topological polar surface area (TPSA) is 60.2 Å². The van der Waals surface area contributed by atoms with Crippen LogP contribution >= 0.6 is 11.3 Å². The molecule has 3 N–H and O–H groups in total. The lowest BCUT2D eigenvalue weighted by atomic mass is 10.00. The van der Waals surface area contributed by atoms with Crippen molar-refractivity contribution in [2.75, 3.05) is 6.61 Å². The Morgan fingerprint density at radius 1 is 1.62 bits per heavy atom. The maximum atomic E-state index is 5.72. The number of ether oxygens (including phenoxy) is 1. The van der Waals surface area contributed by atoms with E-state index in [1.807, 2.05) is 11.7 Å². The average Bonchev–Trinajstić information content (AvgIpc) is 2.82. The third kappa shape index (κ3) is 3.52. The number of hydrogen-bond acceptors (Lipinski definition) is 5. The maximum absolute atomic E-state index is 5.72. The predicted octanol–water partition coefficient (Wildman–Crippen LogP) is 1.48. The van der Waals surface area contributed by atoms with E-state index in [0.717, 1.165) is 19.4 Å². The second-order valence-corrected chi connectivity index (χ2v) is 5.23. The van der Waals surface area contributed by atoms with Gasteiger partial charge < -0.3 is 4.74 Å². The lowest BCUT2D eigenvalue weighted by Gasteiger charge is -2.26. The Bertz CT molecular complexity index is 285. The number of nitrogens with one attached hydrogen (secondary N) is 1. The molecule has 0 spiro atoms. The van der Waals surface area contributed by atoms with Gasteiger partial charge in [-0.15, -0.1) is 11.3 Å². The van der Waals surface area contributed by atoms with Crippen molar-refractivity contribution in [3.63, 3.8) is 0 Å². The van der Waals surface area contributed by atoms with Crippen LogP contribution in [0.2, 0.25) is 0 Å². The van der Waals surface area contributed by atoms with Crippen molar-refractivity contribution >= 4 is 11.3 Å². The third-order valence-corrected chi connectivity index (χ3v) is 3.79. The summed E-state index contributed by atoms with van der Waals surface area (Å²) >= 11 is 1.68. The van der Waals surface area contributed by atoms with E-state index in [-0.39, 0.29) is 0 Å². The van der Waals surface area contributed by atoms with Gasteiger partial charge in [0.25, 0.3) is 0 Å². The van der Waals surface area contributed by atoms with Gasteiger partial charge in [0, 0.05) is 30.1 Å². The highest BCUT2D eigenvalue weighted by molar-refractivity contribution is 7.09. The second-order valence-electron chi connectivity index (χ2n) is 4.26. The number of nitrogens with zero attached hydrogens (tertiary/aromatic N) is 1. The minimum atomic E-state index is 0.295. The SMILES string of the molecule is NNC(Cc1cncs1)CC1CCCCO1. The largest absolute Gasteiger partial charge is 0.378 e. The Hall–Kier alpha value is -0.490. The highest BCUT2D eigenvalue weighted by Gasteiger charge is 2.19. The molecule has 5 heteroatoms. The predicted molar refractivity (Wildman–Crippen MR) is 65.1 cm³/mol. The highest BCUT2D eigenvalue weighted by Crippen LogP contribution is 2.19. The van der Waals surface area contributed by atoms with E-state index in [9.17, 15) is 0 Å². The normalized spacial score (nSPS) is 23.2. The molecule has 1 aliphatic rings. The van der Waals surface area contributed by atoms with Gasteiger partial charge in [0.2, 0.25) is 0 Å². The van der Waals surface area contributed by atoms with Gasteiger partial charge in [-0.3, -0.25) is 16.3 Å². The summed E-state index contributed by atoms with van der Waals surface area (Å²) in [5.74, 6) is 5.59. The van der Waals surface area contributed by atoms with Crippen LogP contribution < -0.4 is 11.3 Å². The van der Waals surface area contributed by atoms with Crippen LogP contribution in [0.3, 0.4) is 0 Å². The molecule has 0 aliphatic carbocycles. The first-order valence-corrected chi connectivity index (χ1v) is 6.71. The van der Waals surface area contributed by atoms with Gasteiger partial charge >= 0.3 is 0 Å². The Balaban J connectivity index is 1.80. The smallest absolute Gasteiger partial charge is 0.0794 e. The van der Waals surface area contributed by atoms with Gasteiger partial charge in [-0.25, -0.2) is 0 Å². The van der Waals surface area contributed by atoms with Crippen molar-refractivity contribution in [3.05, 3.63) is 16.6 Å². The van der Waals surface area contributed by atoms with E-state index in [0.29, 0.717) is 12.1 Å². The number of hydrogen-bond donors (Lipinski definition) is 2. The third-order valence-electron chi connectivity index (χ3n) is 2.99. The molecule has 0 radical (unpaired) electrons. The highest BCUT2D eigenvalue weighted by atomic mass is 32.1. The van der Waals surface area contributed by atoms with Crippen molar-refractivity contribution < 1.29 is 4.74 Å². The van der Waals surface area contributed by atoms with Crippen LogP contribution in [0, 0.1) is 0 Å². The van der Waals surface area contributed by atoms with Crippen molar-refractivity contribution in [1.82, 2.24) is 10.4 Å². The van der Waals surface area contributed by atoms with Crippen molar-refractivity contribution in [1.29, 1.82) is 0 Å². The molecule has 1 aliphatic heterocycles. The minimum Gasteiger partial charge on any atom is -0.378 e. The Labute approximate surface area is 100 Å². The standard InChI is InChI=1S/C11H19N3OS/c12-14-9(6-11-7-13-8-16-11)5-10-3-1-2-4-15-10/h7-10,14H,1-6,12H2. The molecule has 0 saturated carbocycles.